The van der Waals surface area contributed by atoms with Gasteiger partial charge in [0.25, 0.3) is 0 Å². The van der Waals surface area contributed by atoms with Crippen LogP contribution in [0.2, 0.25) is 5.15 Å². The summed E-state index contributed by atoms with van der Waals surface area (Å²) in [5, 5.41) is 5.15. The summed E-state index contributed by atoms with van der Waals surface area (Å²) in [6, 6.07) is 2.13. The molecule has 4 nitrogen and oxygen atoms in total. The van der Waals surface area contributed by atoms with Gasteiger partial charge in [-0.3, -0.25) is 0 Å². The molecular formula is C14H19ClN4. The fourth-order valence-electron chi connectivity index (χ4n) is 2.11. The Morgan fingerprint density at radius 1 is 1.16 bits per heavy atom. The van der Waals surface area contributed by atoms with Crippen LogP contribution in [-0.2, 0) is 19.3 Å². The van der Waals surface area contributed by atoms with Crippen LogP contribution in [0.15, 0.2) is 12.4 Å². The molecule has 0 saturated carbocycles. The highest BCUT2D eigenvalue weighted by molar-refractivity contribution is 6.30. The minimum atomic E-state index is 0.530. The van der Waals surface area contributed by atoms with Crippen LogP contribution in [0.25, 0.3) is 5.82 Å². The molecule has 2 aromatic rings. The average molecular weight is 279 g/mol. The van der Waals surface area contributed by atoms with Gasteiger partial charge in [0.2, 0.25) is 0 Å². The maximum Gasteiger partial charge on any atom is 0.161 e. The Balaban J connectivity index is 2.57. The van der Waals surface area contributed by atoms with Crippen molar-refractivity contribution >= 4 is 11.6 Å². The van der Waals surface area contributed by atoms with Gasteiger partial charge in [0.1, 0.15) is 11.5 Å². The molecule has 0 N–H and O–H groups in total. The summed E-state index contributed by atoms with van der Waals surface area (Å²) in [6.45, 7) is 6.34. The number of aryl methyl sites for hydroxylation is 2. The number of nitrogens with zero attached hydrogens (tertiary/aromatic N) is 4. The third kappa shape index (κ3) is 2.78. The zero-order chi connectivity index (χ0) is 13.8. The van der Waals surface area contributed by atoms with Crippen LogP contribution in [0.4, 0.5) is 0 Å². The van der Waals surface area contributed by atoms with E-state index >= 15 is 0 Å². The predicted octanol–water partition coefficient (Wildman–Crippen LogP) is 3.39. The molecule has 19 heavy (non-hydrogen) atoms. The smallest absolute Gasteiger partial charge is 0.161 e. The standard InChI is InChI=1S/C14H19ClN4/c1-4-7-12-13(15)16-9-17-14(12)19-11(6-3)8-10(5-2)18-19/h8-9H,4-7H2,1-3H3. The van der Waals surface area contributed by atoms with Gasteiger partial charge < -0.3 is 0 Å². The van der Waals surface area contributed by atoms with Crippen molar-refractivity contribution in [3.05, 3.63) is 34.5 Å². The fraction of sp³-hybridized carbons (Fsp3) is 0.500. The van der Waals surface area contributed by atoms with E-state index in [1.165, 1.54) is 6.33 Å². The summed E-state index contributed by atoms with van der Waals surface area (Å²) < 4.78 is 1.91. The van der Waals surface area contributed by atoms with Gasteiger partial charge in [0.15, 0.2) is 5.82 Å². The first-order valence-electron chi connectivity index (χ1n) is 6.78. The molecule has 0 spiro atoms. The number of halogens is 1. The van der Waals surface area contributed by atoms with Crippen LogP contribution in [-0.4, -0.2) is 19.7 Å². The second kappa shape index (κ2) is 6.15. The molecule has 0 aliphatic heterocycles. The van der Waals surface area contributed by atoms with E-state index in [0.29, 0.717) is 5.15 Å². The minimum Gasteiger partial charge on any atom is -0.224 e. The number of hydrogen-bond acceptors (Lipinski definition) is 3. The van der Waals surface area contributed by atoms with Gasteiger partial charge in [-0.1, -0.05) is 38.8 Å². The molecule has 2 aromatic heterocycles. The van der Waals surface area contributed by atoms with Crippen molar-refractivity contribution in [1.29, 1.82) is 0 Å². The zero-order valence-electron chi connectivity index (χ0n) is 11.6. The molecule has 0 atom stereocenters. The summed E-state index contributed by atoms with van der Waals surface area (Å²) >= 11 is 6.20. The van der Waals surface area contributed by atoms with Crippen LogP contribution in [0, 0.1) is 0 Å². The molecule has 2 heterocycles. The van der Waals surface area contributed by atoms with Crippen LogP contribution < -0.4 is 0 Å². The highest BCUT2D eigenvalue weighted by atomic mass is 35.5. The number of rotatable bonds is 5. The summed E-state index contributed by atoms with van der Waals surface area (Å²) in [5.74, 6) is 0.818. The zero-order valence-corrected chi connectivity index (χ0v) is 12.4. The van der Waals surface area contributed by atoms with Gasteiger partial charge >= 0.3 is 0 Å². The Labute approximate surface area is 118 Å². The molecule has 5 heteroatoms. The lowest BCUT2D eigenvalue weighted by Crippen LogP contribution is -2.09. The normalized spacial score (nSPS) is 10.9. The van der Waals surface area contributed by atoms with Gasteiger partial charge in [-0.25, -0.2) is 14.6 Å². The first kappa shape index (κ1) is 14.0. The maximum atomic E-state index is 6.20. The van der Waals surface area contributed by atoms with E-state index < -0.39 is 0 Å². The van der Waals surface area contributed by atoms with Crippen LogP contribution in [0.3, 0.4) is 0 Å². The van der Waals surface area contributed by atoms with E-state index in [1.54, 1.807) is 0 Å². The molecule has 0 amide bonds. The molecular weight excluding hydrogens is 260 g/mol. The molecule has 0 unspecified atom stereocenters. The van der Waals surface area contributed by atoms with Crippen molar-refractivity contribution in [2.24, 2.45) is 0 Å². The second-order valence-electron chi connectivity index (χ2n) is 4.46. The number of hydrogen-bond donors (Lipinski definition) is 0. The molecule has 2 rings (SSSR count). The van der Waals surface area contributed by atoms with Crippen molar-refractivity contribution in [2.45, 2.75) is 46.5 Å². The number of aromatic nitrogens is 4. The summed E-state index contributed by atoms with van der Waals surface area (Å²) in [4.78, 5) is 8.47. The first-order chi connectivity index (χ1) is 9.21. The molecule has 0 saturated heterocycles. The molecule has 0 radical (unpaired) electrons. The van der Waals surface area contributed by atoms with Gasteiger partial charge in [-0.2, -0.15) is 5.10 Å². The van der Waals surface area contributed by atoms with Crippen molar-refractivity contribution in [1.82, 2.24) is 19.7 Å². The quantitative estimate of drug-likeness (QED) is 0.788. The predicted molar refractivity (Wildman–Crippen MR) is 76.9 cm³/mol. The van der Waals surface area contributed by atoms with E-state index in [0.717, 1.165) is 48.5 Å². The second-order valence-corrected chi connectivity index (χ2v) is 4.82. The minimum absolute atomic E-state index is 0.530. The lowest BCUT2D eigenvalue weighted by atomic mass is 10.2. The lowest BCUT2D eigenvalue weighted by molar-refractivity contribution is 0.747. The van der Waals surface area contributed by atoms with Crippen LogP contribution in [0.1, 0.15) is 44.1 Å². The highest BCUT2D eigenvalue weighted by Crippen LogP contribution is 2.22. The van der Waals surface area contributed by atoms with Gasteiger partial charge in [0.05, 0.1) is 5.69 Å². The monoisotopic (exact) mass is 278 g/mol. The Kier molecular flexibility index (Phi) is 4.53. The van der Waals surface area contributed by atoms with Crippen LogP contribution in [0.5, 0.6) is 0 Å². The van der Waals surface area contributed by atoms with Crippen molar-refractivity contribution in [2.75, 3.05) is 0 Å². The van der Waals surface area contributed by atoms with Gasteiger partial charge in [-0.15, -0.1) is 0 Å². The Morgan fingerprint density at radius 2 is 1.95 bits per heavy atom. The first-order valence-corrected chi connectivity index (χ1v) is 7.16. The van der Waals surface area contributed by atoms with Crippen molar-refractivity contribution < 1.29 is 0 Å². The van der Waals surface area contributed by atoms with Crippen LogP contribution >= 0.6 is 11.6 Å². The Hall–Kier alpha value is -1.42. The summed E-state index contributed by atoms with van der Waals surface area (Å²) in [7, 11) is 0. The Morgan fingerprint density at radius 3 is 2.58 bits per heavy atom. The molecule has 0 aliphatic rings. The van der Waals surface area contributed by atoms with E-state index in [4.69, 9.17) is 11.6 Å². The Bertz CT molecular complexity index is 563. The average Bonchev–Trinajstić information content (AvgIpc) is 2.84. The third-order valence-corrected chi connectivity index (χ3v) is 3.45. The van der Waals surface area contributed by atoms with Crippen molar-refractivity contribution in [3.63, 3.8) is 0 Å². The fourth-order valence-corrected chi connectivity index (χ4v) is 2.34. The maximum absolute atomic E-state index is 6.20. The molecule has 0 fully saturated rings. The van der Waals surface area contributed by atoms with Gasteiger partial charge in [-0.05, 0) is 25.3 Å². The molecule has 0 aromatic carbocycles. The highest BCUT2D eigenvalue weighted by Gasteiger charge is 2.15. The largest absolute Gasteiger partial charge is 0.224 e. The van der Waals surface area contributed by atoms with Crippen molar-refractivity contribution in [3.8, 4) is 5.82 Å². The molecule has 0 aliphatic carbocycles. The summed E-state index contributed by atoms with van der Waals surface area (Å²) in [5.41, 5.74) is 3.21. The lowest BCUT2D eigenvalue weighted by Gasteiger charge is -2.10. The third-order valence-electron chi connectivity index (χ3n) is 3.13. The molecule has 0 bridgehead atoms. The van der Waals surface area contributed by atoms with E-state index in [-0.39, 0.29) is 0 Å². The van der Waals surface area contributed by atoms with E-state index in [2.05, 4.69) is 41.9 Å². The molecule has 102 valence electrons. The van der Waals surface area contributed by atoms with E-state index in [9.17, 15) is 0 Å². The van der Waals surface area contributed by atoms with E-state index in [1.807, 2.05) is 4.68 Å². The van der Waals surface area contributed by atoms with Gasteiger partial charge in [0, 0.05) is 11.3 Å². The SMILES string of the molecule is CCCc1c(Cl)ncnc1-n1nc(CC)cc1CC. The summed E-state index contributed by atoms with van der Waals surface area (Å²) in [6.07, 6.45) is 5.20. The topological polar surface area (TPSA) is 43.6 Å².